The highest BCUT2D eigenvalue weighted by atomic mass is 16.5. The molecule has 0 rings (SSSR count). The molecule has 0 fully saturated rings. The molecular formula is C22H40O3. The number of unbranched alkanes of at least 4 members (excludes halogenated alkanes) is 5. The van der Waals surface area contributed by atoms with Crippen molar-refractivity contribution in [3.8, 4) is 0 Å². The third kappa shape index (κ3) is 11.2. The lowest BCUT2D eigenvalue weighted by Gasteiger charge is -2.21. The van der Waals surface area contributed by atoms with Crippen LogP contribution in [-0.4, -0.2) is 18.4 Å². The summed E-state index contributed by atoms with van der Waals surface area (Å²) >= 11 is 0. The number of esters is 1. The predicted octanol–water partition coefficient (Wildman–Crippen LogP) is 6.26. The zero-order valence-corrected chi connectivity index (χ0v) is 17.5. The topological polar surface area (TPSA) is 43.4 Å². The summed E-state index contributed by atoms with van der Waals surface area (Å²) in [6.45, 7) is 12.0. The molecule has 0 aliphatic heterocycles. The van der Waals surface area contributed by atoms with Crippen LogP contribution in [0, 0.1) is 10.8 Å². The summed E-state index contributed by atoms with van der Waals surface area (Å²) in [4.78, 5) is 23.3. The molecule has 0 aliphatic rings. The Bertz CT molecular complexity index is 419. The molecular weight excluding hydrogens is 312 g/mol. The maximum Gasteiger partial charge on any atom is 0.311 e. The fourth-order valence-electron chi connectivity index (χ4n) is 2.68. The minimum Gasteiger partial charge on any atom is -0.466 e. The number of hydrogen-bond acceptors (Lipinski definition) is 3. The van der Waals surface area contributed by atoms with Gasteiger partial charge in [0.25, 0.3) is 0 Å². The lowest BCUT2D eigenvalue weighted by Crippen LogP contribution is -2.26. The average Bonchev–Trinajstić information content (AvgIpc) is 2.52. The summed E-state index contributed by atoms with van der Waals surface area (Å²) < 4.78 is 5.11. The molecule has 0 saturated heterocycles. The van der Waals surface area contributed by atoms with Gasteiger partial charge in [0, 0.05) is 5.41 Å². The van der Waals surface area contributed by atoms with E-state index >= 15 is 0 Å². The van der Waals surface area contributed by atoms with Gasteiger partial charge in [0.2, 0.25) is 0 Å². The quantitative estimate of drug-likeness (QED) is 0.210. The van der Waals surface area contributed by atoms with Gasteiger partial charge in [0.15, 0.2) is 0 Å². The molecule has 0 spiro atoms. The monoisotopic (exact) mass is 352 g/mol. The van der Waals surface area contributed by atoms with Crippen LogP contribution in [0.1, 0.15) is 99.3 Å². The van der Waals surface area contributed by atoms with E-state index in [1.54, 1.807) is 6.92 Å². The van der Waals surface area contributed by atoms with Gasteiger partial charge >= 0.3 is 5.97 Å². The summed E-state index contributed by atoms with van der Waals surface area (Å²) in [7, 11) is 0. The van der Waals surface area contributed by atoms with Gasteiger partial charge in [-0.2, -0.15) is 0 Å². The molecule has 0 aromatic carbocycles. The van der Waals surface area contributed by atoms with Crippen molar-refractivity contribution in [1.29, 1.82) is 0 Å². The van der Waals surface area contributed by atoms with E-state index in [9.17, 15) is 9.59 Å². The summed E-state index contributed by atoms with van der Waals surface area (Å²) in [6, 6.07) is 0. The summed E-state index contributed by atoms with van der Waals surface area (Å²) in [6.07, 6.45) is 14.3. The smallest absolute Gasteiger partial charge is 0.311 e. The predicted molar refractivity (Wildman–Crippen MR) is 106 cm³/mol. The number of rotatable bonds is 14. The van der Waals surface area contributed by atoms with Crippen LogP contribution in [-0.2, 0) is 14.3 Å². The SMILES string of the molecule is CCOC(=O)C(C)(C)CCCCC/C=C\CCCCC(C)(C)C(C)=O. The van der Waals surface area contributed by atoms with E-state index in [1.807, 2.05) is 34.6 Å². The minimum atomic E-state index is -0.362. The van der Waals surface area contributed by atoms with Crippen molar-refractivity contribution in [2.45, 2.75) is 99.3 Å². The minimum absolute atomic E-state index is 0.0807. The molecule has 25 heavy (non-hydrogen) atoms. The van der Waals surface area contributed by atoms with E-state index < -0.39 is 0 Å². The third-order valence-corrected chi connectivity index (χ3v) is 5.04. The maximum atomic E-state index is 11.8. The van der Waals surface area contributed by atoms with Gasteiger partial charge in [-0.3, -0.25) is 9.59 Å². The summed E-state index contributed by atoms with van der Waals surface area (Å²) in [5, 5.41) is 0. The van der Waals surface area contributed by atoms with Crippen LogP contribution in [0.25, 0.3) is 0 Å². The molecule has 0 unspecified atom stereocenters. The van der Waals surface area contributed by atoms with Gasteiger partial charge < -0.3 is 4.74 Å². The molecule has 3 heteroatoms. The molecule has 146 valence electrons. The molecule has 0 N–H and O–H groups in total. The Morgan fingerprint density at radius 2 is 1.28 bits per heavy atom. The normalized spacial score (nSPS) is 12.6. The first-order valence-corrected chi connectivity index (χ1v) is 9.97. The molecule has 0 radical (unpaired) electrons. The van der Waals surface area contributed by atoms with Crippen molar-refractivity contribution in [2.24, 2.45) is 10.8 Å². The molecule has 0 aromatic rings. The van der Waals surface area contributed by atoms with E-state index in [-0.39, 0.29) is 22.6 Å². The molecule has 0 aromatic heterocycles. The van der Waals surface area contributed by atoms with E-state index in [4.69, 9.17) is 4.74 Å². The Labute approximate surface area is 155 Å². The second-order valence-corrected chi connectivity index (χ2v) is 8.36. The van der Waals surface area contributed by atoms with Crippen LogP contribution in [0.4, 0.5) is 0 Å². The number of hydrogen-bond donors (Lipinski definition) is 0. The number of carbonyl (C=O) groups excluding carboxylic acids is 2. The van der Waals surface area contributed by atoms with Crippen LogP contribution >= 0.6 is 0 Å². The Morgan fingerprint density at radius 3 is 1.80 bits per heavy atom. The molecule has 0 heterocycles. The number of ether oxygens (including phenoxy) is 1. The fraction of sp³-hybridized carbons (Fsp3) is 0.818. The molecule has 0 bridgehead atoms. The van der Waals surface area contributed by atoms with E-state index in [0.29, 0.717) is 6.61 Å². The summed E-state index contributed by atoms with van der Waals surface area (Å²) in [5.41, 5.74) is -0.527. The Hall–Kier alpha value is -1.12. The van der Waals surface area contributed by atoms with Gasteiger partial charge in [0.1, 0.15) is 5.78 Å². The first kappa shape index (κ1) is 23.9. The lowest BCUT2D eigenvalue weighted by atomic mass is 9.83. The number of carbonyl (C=O) groups is 2. The van der Waals surface area contributed by atoms with Gasteiger partial charge in [-0.25, -0.2) is 0 Å². The van der Waals surface area contributed by atoms with Gasteiger partial charge in [0.05, 0.1) is 12.0 Å². The van der Waals surface area contributed by atoms with Crippen LogP contribution in [0.5, 0.6) is 0 Å². The van der Waals surface area contributed by atoms with E-state index in [1.165, 1.54) is 6.42 Å². The van der Waals surface area contributed by atoms with Crippen LogP contribution in [0.3, 0.4) is 0 Å². The second-order valence-electron chi connectivity index (χ2n) is 8.36. The van der Waals surface area contributed by atoms with Crippen LogP contribution < -0.4 is 0 Å². The Kier molecular flexibility index (Phi) is 11.7. The average molecular weight is 353 g/mol. The van der Waals surface area contributed by atoms with Crippen molar-refractivity contribution >= 4 is 11.8 Å². The van der Waals surface area contributed by atoms with Crippen LogP contribution in [0.15, 0.2) is 12.2 Å². The van der Waals surface area contributed by atoms with Gasteiger partial charge in [-0.05, 0) is 66.2 Å². The van der Waals surface area contributed by atoms with Crippen molar-refractivity contribution in [3.63, 3.8) is 0 Å². The van der Waals surface area contributed by atoms with Crippen molar-refractivity contribution in [3.05, 3.63) is 12.2 Å². The zero-order valence-electron chi connectivity index (χ0n) is 17.5. The van der Waals surface area contributed by atoms with Crippen molar-refractivity contribution in [2.75, 3.05) is 6.61 Å². The maximum absolute atomic E-state index is 11.8. The molecule has 0 aliphatic carbocycles. The third-order valence-electron chi connectivity index (χ3n) is 5.04. The Morgan fingerprint density at radius 1 is 0.800 bits per heavy atom. The van der Waals surface area contributed by atoms with Crippen LogP contribution in [0.2, 0.25) is 0 Å². The largest absolute Gasteiger partial charge is 0.466 e. The standard InChI is InChI=1S/C22H40O3/c1-7-25-20(24)22(5,6)18-16-14-12-10-8-9-11-13-15-17-21(3,4)19(2)23/h8-9H,7,10-18H2,1-6H3/b9-8-. The molecule has 0 saturated carbocycles. The highest BCUT2D eigenvalue weighted by Gasteiger charge is 2.28. The highest BCUT2D eigenvalue weighted by molar-refractivity contribution is 5.81. The fourth-order valence-corrected chi connectivity index (χ4v) is 2.68. The van der Waals surface area contributed by atoms with Gasteiger partial charge in [-0.1, -0.05) is 45.3 Å². The molecule has 0 atom stereocenters. The molecule has 0 amide bonds. The lowest BCUT2D eigenvalue weighted by molar-refractivity contribution is -0.153. The van der Waals surface area contributed by atoms with Gasteiger partial charge in [-0.15, -0.1) is 0 Å². The van der Waals surface area contributed by atoms with Crippen molar-refractivity contribution < 1.29 is 14.3 Å². The molecule has 3 nitrogen and oxygen atoms in total. The highest BCUT2D eigenvalue weighted by Crippen LogP contribution is 2.26. The number of ketones is 1. The van der Waals surface area contributed by atoms with E-state index in [2.05, 4.69) is 12.2 Å². The number of Topliss-reactive ketones (excluding diaryl/α,β-unsaturated/α-hetero) is 1. The first-order chi connectivity index (χ1) is 11.6. The first-order valence-electron chi connectivity index (χ1n) is 9.97. The number of allylic oxidation sites excluding steroid dienone is 2. The van der Waals surface area contributed by atoms with E-state index in [0.717, 1.165) is 51.4 Å². The zero-order chi connectivity index (χ0) is 19.3. The Balaban J connectivity index is 3.65. The van der Waals surface area contributed by atoms with Crippen molar-refractivity contribution in [1.82, 2.24) is 0 Å². The second kappa shape index (κ2) is 12.3. The summed E-state index contributed by atoms with van der Waals surface area (Å²) in [5.74, 6) is 0.206.